The molecular weight excluding hydrogens is 326 g/mol. The number of anilines is 1. The smallest absolute Gasteiger partial charge is 0.279 e. The van der Waals surface area contributed by atoms with E-state index in [9.17, 15) is 8.42 Å². The van der Waals surface area contributed by atoms with Crippen LogP contribution in [-0.4, -0.2) is 57.7 Å². The Labute approximate surface area is 146 Å². The summed E-state index contributed by atoms with van der Waals surface area (Å²) in [6, 6.07) is 10.2. The van der Waals surface area contributed by atoms with E-state index in [4.69, 9.17) is 4.74 Å². The largest absolute Gasteiger partial charge is 0.373 e. The topological polar surface area (TPSA) is 61.9 Å². The molecule has 0 spiro atoms. The molecular formula is C17H29N3O3S. The Kier molecular flexibility index (Phi) is 7.03. The molecule has 1 aromatic rings. The van der Waals surface area contributed by atoms with Gasteiger partial charge in [0, 0.05) is 38.4 Å². The number of benzene rings is 1. The maximum absolute atomic E-state index is 12.4. The van der Waals surface area contributed by atoms with Crippen LogP contribution in [0, 0.1) is 0 Å². The van der Waals surface area contributed by atoms with Crippen LogP contribution in [0.25, 0.3) is 0 Å². The van der Waals surface area contributed by atoms with Gasteiger partial charge in [-0.3, -0.25) is 0 Å². The van der Waals surface area contributed by atoms with Gasteiger partial charge in [-0.1, -0.05) is 18.2 Å². The Hall–Kier alpha value is -1.15. The molecule has 1 aliphatic heterocycles. The maximum Gasteiger partial charge on any atom is 0.279 e. The van der Waals surface area contributed by atoms with Gasteiger partial charge in [-0.2, -0.15) is 12.7 Å². The summed E-state index contributed by atoms with van der Waals surface area (Å²) in [6.07, 6.45) is 0.621. The standard InChI is InChI=1S/C17H29N3O3S/c1-4-19(17-9-6-5-7-10-17)12-8-11-18-24(21,22)20-13-15(2)23-16(3)14-20/h5-7,9-10,15-16,18H,4,8,11-14H2,1-3H3. The number of hydrogen-bond donors (Lipinski definition) is 1. The highest BCUT2D eigenvalue weighted by Crippen LogP contribution is 2.14. The molecule has 0 radical (unpaired) electrons. The molecule has 0 aromatic heterocycles. The SMILES string of the molecule is CCN(CCCNS(=O)(=O)N1CC(C)OC(C)C1)c1ccccc1. The lowest BCUT2D eigenvalue weighted by molar-refractivity contribution is -0.0443. The number of para-hydroxylation sites is 1. The van der Waals surface area contributed by atoms with Crippen molar-refractivity contribution in [1.82, 2.24) is 9.03 Å². The highest BCUT2D eigenvalue weighted by molar-refractivity contribution is 7.87. The summed E-state index contributed by atoms with van der Waals surface area (Å²) in [5.74, 6) is 0. The van der Waals surface area contributed by atoms with Crippen LogP contribution in [0.5, 0.6) is 0 Å². The quantitative estimate of drug-likeness (QED) is 0.723. The monoisotopic (exact) mass is 355 g/mol. The fourth-order valence-electron chi connectivity index (χ4n) is 3.00. The van der Waals surface area contributed by atoms with Gasteiger partial charge in [0.1, 0.15) is 0 Å². The molecule has 1 aliphatic rings. The second-order valence-electron chi connectivity index (χ2n) is 6.24. The fourth-order valence-corrected chi connectivity index (χ4v) is 4.40. The molecule has 0 aliphatic carbocycles. The first-order valence-corrected chi connectivity index (χ1v) is 10.1. The van der Waals surface area contributed by atoms with Gasteiger partial charge in [-0.25, -0.2) is 4.72 Å². The van der Waals surface area contributed by atoms with Gasteiger partial charge in [0.15, 0.2) is 0 Å². The van der Waals surface area contributed by atoms with Gasteiger partial charge in [-0.05, 0) is 39.3 Å². The van der Waals surface area contributed by atoms with Crippen molar-refractivity contribution in [3.05, 3.63) is 30.3 Å². The van der Waals surface area contributed by atoms with E-state index in [-0.39, 0.29) is 12.2 Å². The average Bonchev–Trinajstić information content (AvgIpc) is 2.55. The molecule has 24 heavy (non-hydrogen) atoms. The van der Waals surface area contributed by atoms with Crippen molar-refractivity contribution in [2.24, 2.45) is 0 Å². The number of hydrogen-bond acceptors (Lipinski definition) is 4. The summed E-state index contributed by atoms with van der Waals surface area (Å²) in [6.45, 7) is 8.87. The predicted molar refractivity (Wildman–Crippen MR) is 97.5 cm³/mol. The molecule has 7 heteroatoms. The first kappa shape index (κ1) is 19.2. The average molecular weight is 356 g/mol. The van der Waals surface area contributed by atoms with Crippen LogP contribution in [0.2, 0.25) is 0 Å². The number of nitrogens with one attached hydrogen (secondary N) is 1. The van der Waals surface area contributed by atoms with E-state index in [1.807, 2.05) is 32.0 Å². The lowest BCUT2D eigenvalue weighted by Crippen LogP contribution is -2.52. The molecule has 1 aromatic carbocycles. The molecule has 0 amide bonds. The zero-order valence-corrected chi connectivity index (χ0v) is 15.6. The van der Waals surface area contributed by atoms with Gasteiger partial charge < -0.3 is 9.64 Å². The van der Waals surface area contributed by atoms with E-state index in [1.165, 1.54) is 9.99 Å². The minimum absolute atomic E-state index is 0.0704. The molecule has 136 valence electrons. The highest BCUT2D eigenvalue weighted by Gasteiger charge is 2.30. The van der Waals surface area contributed by atoms with E-state index in [0.29, 0.717) is 19.6 Å². The van der Waals surface area contributed by atoms with Crippen LogP contribution in [-0.2, 0) is 14.9 Å². The summed E-state index contributed by atoms with van der Waals surface area (Å²) >= 11 is 0. The third kappa shape index (κ3) is 5.44. The summed E-state index contributed by atoms with van der Waals surface area (Å²) in [7, 11) is -3.43. The Morgan fingerprint density at radius 1 is 1.21 bits per heavy atom. The van der Waals surface area contributed by atoms with Crippen LogP contribution in [0.3, 0.4) is 0 Å². The molecule has 6 nitrogen and oxygen atoms in total. The number of morpholine rings is 1. The predicted octanol–water partition coefficient (Wildman–Crippen LogP) is 1.85. The van der Waals surface area contributed by atoms with E-state index in [2.05, 4.69) is 28.7 Å². The first-order valence-electron chi connectivity index (χ1n) is 8.62. The lowest BCUT2D eigenvalue weighted by atomic mass is 10.2. The van der Waals surface area contributed by atoms with Crippen LogP contribution in [0.15, 0.2) is 30.3 Å². The van der Waals surface area contributed by atoms with Crippen molar-refractivity contribution in [1.29, 1.82) is 0 Å². The van der Waals surface area contributed by atoms with Crippen LogP contribution in [0.4, 0.5) is 5.69 Å². The van der Waals surface area contributed by atoms with Crippen molar-refractivity contribution in [2.75, 3.05) is 37.6 Å². The molecule has 2 atom stereocenters. The summed E-state index contributed by atoms with van der Waals surface area (Å²) in [5.41, 5.74) is 1.17. The molecule has 0 bridgehead atoms. The van der Waals surface area contributed by atoms with E-state index in [0.717, 1.165) is 19.5 Å². The van der Waals surface area contributed by atoms with Gasteiger partial charge in [-0.15, -0.1) is 0 Å². The van der Waals surface area contributed by atoms with Crippen LogP contribution >= 0.6 is 0 Å². The van der Waals surface area contributed by atoms with E-state index < -0.39 is 10.2 Å². The van der Waals surface area contributed by atoms with E-state index in [1.54, 1.807) is 0 Å². The Morgan fingerprint density at radius 2 is 1.83 bits per heavy atom. The fraction of sp³-hybridized carbons (Fsp3) is 0.647. The molecule has 2 rings (SSSR count). The zero-order chi connectivity index (χ0) is 17.6. The Balaban J connectivity index is 1.80. The van der Waals surface area contributed by atoms with Gasteiger partial charge in [0.25, 0.3) is 10.2 Å². The number of rotatable bonds is 8. The van der Waals surface area contributed by atoms with Gasteiger partial charge in [0.05, 0.1) is 12.2 Å². The maximum atomic E-state index is 12.4. The lowest BCUT2D eigenvalue weighted by Gasteiger charge is -2.34. The molecule has 1 heterocycles. The van der Waals surface area contributed by atoms with Crippen molar-refractivity contribution in [3.8, 4) is 0 Å². The Bertz CT molecular complexity index is 584. The third-order valence-electron chi connectivity index (χ3n) is 4.12. The van der Waals surface area contributed by atoms with E-state index >= 15 is 0 Å². The normalized spacial score (nSPS) is 22.5. The second kappa shape index (κ2) is 8.80. The van der Waals surface area contributed by atoms with Gasteiger partial charge in [0.2, 0.25) is 0 Å². The Morgan fingerprint density at radius 3 is 2.42 bits per heavy atom. The summed E-state index contributed by atoms with van der Waals surface area (Å²) in [5, 5.41) is 0. The minimum Gasteiger partial charge on any atom is -0.373 e. The number of ether oxygens (including phenoxy) is 1. The van der Waals surface area contributed by atoms with Crippen LogP contribution in [0.1, 0.15) is 27.2 Å². The molecule has 0 saturated carbocycles. The zero-order valence-electron chi connectivity index (χ0n) is 14.8. The molecule has 1 saturated heterocycles. The van der Waals surface area contributed by atoms with Crippen molar-refractivity contribution in [3.63, 3.8) is 0 Å². The van der Waals surface area contributed by atoms with Crippen molar-refractivity contribution >= 4 is 15.9 Å². The summed E-state index contributed by atoms with van der Waals surface area (Å²) < 4.78 is 34.6. The minimum atomic E-state index is -3.43. The molecule has 2 unspecified atom stereocenters. The van der Waals surface area contributed by atoms with Crippen molar-refractivity contribution < 1.29 is 13.2 Å². The van der Waals surface area contributed by atoms with Crippen LogP contribution < -0.4 is 9.62 Å². The second-order valence-corrected chi connectivity index (χ2v) is 8.00. The number of nitrogens with zero attached hydrogens (tertiary/aromatic N) is 2. The molecule has 1 N–H and O–H groups in total. The van der Waals surface area contributed by atoms with Gasteiger partial charge >= 0.3 is 0 Å². The van der Waals surface area contributed by atoms with Crippen molar-refractivity contribution in [2.45, 2.75) is 39.4 Å². The highest BCUT2D eigenvalue weighted by atomic mass is 32.2. The summed E-state index contributed by atoms with van der Waals surface area (Å²) in [4.78, 5) is 2.24. The molecule has 1 fully saturated rings. The first-order chi connectivity index (χ1) is 11.4. The third-order valence-corrected chi connectivity index (χ3v) is 5.67.